The van der Waals surface area contributed by atoms with Crippen molar-refractivity contribution in [3.05, 3.63) is 46.8 Å². The molecule has 2 aromatic rings. The highest BCUT2D eigenvalue weighted by atomic mass is 79.9. The minimum absolute atomic E-state index is 0.0401. The van der Waals surface area contributed by atoms with Crippen LogP contribution in [0.25, 0.3) is 0 Å². The summed E-state index contributed by atoms with van der Waals surface area (Å²) in [5, 5.41) is 3.32. The summed E-state index contributed by atoms with van der Waals surface area (Å²) in [4.78, 5) is 8.59. The standard InChI is InChI=1S/C16H19BrN4O2S/c1-12-9-16(19-11-18-12)20-14-3-2-8-21(10-14)24(22,23)15-6-4-13(17)5-7-15/h4-7,9,11,14H,2-3,8,10H2,1H3,(H,18,19,20). The van der Waals surface area contributed by atoms with Crippen LogP contribution in [0, 0.1) is 6.92 Å². The maximum atomic E-state index is 12.8. The van der Waals surface area contributed by atoms with Crippen LogP contribution in [0.3, 0.4) is 0 Å². The van der Waals surface area contributed by atoms with Crippen molar-refractivity contribution >= 4 is 31.8 Å². The highest BCUT2D eigenvalue weighted by Gasteiger charge is 2.30. The van der Waals surface area contributed by atoms with Gasteiger partial charge in [0.25, 0.3) is 0 Å². The van der Waals surface area contributed by atoms with E-state index >= 15 is 0 Å². The van der Waals surface area contributed by atoms with Crippen LogP contribution in [0.5, 0.6) is 0 Å². The van der Waals surface area contributed by atoms with E-state index in [0.29, 0.717) is 18.0 Å². The van der Waals surface area contributed by atoms with Gasteiger partial charge >= 0.3 is 0 Å². The van der Waals surface area contributed by atoms with Crippen LogP contribution in [0.15, 0.2) is 46.0 Å². The second-order valence-electron chi connectivity index (χ2n) is 5.85. The van der Waals surface area contributed by atoms with Gasteiger partial charge in [0, 0.05) is 35.4 Å². The Bertz CT molecular complexity index is 811. The Morgan fingerprint density at radius 3 is 2.71 bits per heavy atom. The smallest absolute Gasteiger partial charge is 0.243 e. The molecular formula is C16H19BrN4O2S. The van der Waals surface area contributed by atoms with Crippen molar-refractivity contribution in [1.29, 1.82) is 0 Å². The van der Waals surface area contributed by atoms with E-state index in [0.717, 1.165) is 28.8 Å². The number of halogens is 1. The third kappa shape index (κ3) is 3.93. The Hall–Kier alpha value is -1.51. The van der Waals surface area contributed by atoms with Crippen molar-refractivity contribution < 1.29 is 8.42 Å². The summed E-state index contributed by atoms with van der Waals surface area (Å²) in [6.07, 6.45) is 3.24. The van der Waals surface area contributed by atoms with E-state index in [4.69, 9.17) is 0 Å². The average molecular weight is 411 g/mol. The average Bonchev–Trinajstić information content (AvgIpc) is 2.55. The number of piperidine rings is 1. The highest BCUT2D eigenvalue weighted by molar-refractivity contribution is 9.10. The number of benzene rings is 1. The Balaban J connectivity index is 1.74. The number of anilines is 1. The van der Waals surface area contributed by atoms with E-state index < -0.39 is 10.0 Å². The maximum absolute atomic E-state index is 12.8. The predicted molar refractivity (Wildman–Crippen MR) is 96.3 cm³/mol. The van der Waals surface area contributed by atoms with Crippen LogP contribution in [-0.2, 0) is 10.0 Å². The molecular weight excluding hydrogens is 392 g/mol. The van der Waals surface area contributed by atoms with Gasteiger partial charge < -0.3 is 5.32 Å². The van der Waals surface area contributed by atoms with Gasteiger partial charge in [-0.25, -0.2) is 18.4 Å². The molecule has 1 unspecified atom stereocenters. The Morgan fingerprint density at radius 2 is 2.00 bits per heavy atom. The molecule has 8 heteroatoms. The lowest BCUT2D eigenvalue weighted by atomic mass is 10.1. The number of nitrogens with one attached hydrogen (secondary N) is 1. The van der Waals surface area contributed by atoms with E-state index in [9.17, 15) is 8.42 Å². The quantitative estimate of drug-likeness (QED) is 0.838. The fourth-order valence-corrected chi connectivity index (χ4v) is 4.56. The normalized spacial score (nSPS) is 19.2. The molecule has 0 bridgehead atoms. The van der Waals surface area contributed by atoms with Crippen LogP contribution >= 0.6 is 15.9 Å². The molecule has 0 aliphatic carbocycles. The lowest BCUT2D eigenvalue weighted by Gasteiger charge is -2.32. The summed E-state index contributed by atoms with van der Waals surface area (Å²) < 4.78 is 28.0. The molecule has 1 atom stereocenters. The molecule has 1 fully saturated rings. The van der Waals surface area contributed by atoms with Crippen LogP contribution in [-0.4, -0.2) is 41.8 Å². The van der Waals surface area contributed by atoms with Gasteiger partial charge in [-0.3, -0.25) is 0 Å². The maximum Gasteiger partial charge on any atom is 0.243 e. The third-order valence-electron chi connectivity index (χ3n) is 3.99. The second-order valence-corrected chi connectivity index (χ2v) is 8.70. The summed E-state index contributed by atoms with van der Waals surface area (Å²) in [6, 6.07) is 8.65. The zero-order chi connectivity index (χ0) is 17.2. The van der Waals surface area contributed by atoms with E-state index in [1.54, 1.807) is 28.6 Å². The van der Waals surface area contributed by atoms with E-state index in [1.807, 2.05) is 13.0 Å². The van der Waals surface area contributed by atoms with Crippen LogP contribution < -0.4 is 5.32 Å². The Kier molecular flexibility index (Phi) is 5.17. The highest BCUT2D eigenvalue weighted by Crippen LogP contribution is 2.23. The molecule has 0 amide bonds. The monoisotopic (exact) mass is 410 g/mol. The lowest BCUT2D eigenvalue weighted by Crippen LogP contribution is -2.45. The summed E-state index contributed by atoms with van der Waals surface area (Å²) in [6.45, 7) is 2.87. The van der Waals surface area contributed by atoms with Gasteiger partial charge in [0.2, 0.25) is 10.0 Å². The number of aromatic nitrogens is 2. The van der Waals surface area contributed by atoms with Gasteiger partial charge in [-0.2, -0.15) is 4.31 Å². The molecule has 1 aliphatic heterocycles. The van der Waals surface area contributed by atoms with Gasteiger partial charge in [-0.1, -0.05) is 15.9 Å². The van der Waals surface area contributed by atoms with Crippen LogP contribution in [0.4, 0.5) is 5.82 Å². The summed E-state index contributed by atoms with van der Waals surface area (Å²) in [5.74, 6) is 0.732. The number of nitrogens with zero attached hydrogens (tertiary/aromatic N) is 3. The Labute approximate surface area is 150 Å². The number of hydrogen-bond donors (Lipinski definition) is 1. The van der Waals surface area contributed by atoms with Crippen molar-refractivity contribution in [2.45, 2.75) is 30.7 Å². The molecule has 0 saturated carbocycles. The molecule has 1 N–H and O–H groups in total. The zero-order valence-corrected chi connectivity index (χ0v) is 15.7. The molecule has 1 aromatic heterocycles. The second kappa shape index (κ2) is 7.16. The first-order valence-corrected chi connectivity index (χ1v) is 9.99. The molecule has 1 aromatic carbocycles. The largest absolute Gasteiger partial charge is 0.366 e. The van der Waals surface area contributed by atoms with Crippen LogP contribution in [0.2, 0.25) is 0 Å². The van der Waals surface area contributed by atoms with E-state index in [-0.39, 0.29) is 6.04 Å². The third-order valence-corrected chi connectivity index (χ3v) is 6.40. The van der Waals surface area contributed by atoms with Gasteiger partial charge in [0.1, 0.15) is 12.1 Å². The molecule has 1 aliphatic rings. The summed E-state index contributed by atoms with van der Waals surface area (Å²) in [5.41, 5.74) is 0.877. The zero-order valence-electron chi connectivity index (χ0n) is 13.3. The predicted octanol–water partition coefficient (Wildman–Crippen LogP) is 2.81. The first-order valence-electron chi connectivity index (χ1n) is 7.76. The van der Waals surface area contributed by atoms with Gasteiger partial charge in [0.05, 0.1) is 4.90 Å². The molecule has 1 saturated heterocycles. The minimum Gasteiger partial charge on any atom is -0.366 e. The van der Waals surface area contributed by atoms with Crippen molar-refractivity contribution in [2.24, 2.45) is 0 Å². The number of rotatable bonds is 4. The molecule has 6 nitrogen and oxygen atoms in total. The molecule has 128 valence electrons. The van der Waals surface area contributed by atoms with E-state index in [2.05, 4.69) is 31.2 Å². The van der Waals surface area contributed by atoms with Crippen molar-refractivity contribution in [1.82, 2.24) is 14.3 Å². The van der Waals surface area contributed by atoms with Crippen molar-refractivity contribution in [2.75, 3.05) is 18.4 Å². The molecule has 24 heavy (non-hydrogen) atoms. The van der Waals surface area contributed by atoms with Gasteiger partial charge in [-0.15, -0.1) is 0 Å². The van der Waals surface area contributed by atoms with Crippen molar-refractivity contribution in [3.8, 4) is 0 Å². The fourth-order valence-electron chi connectivity index (χ4n) is 2.78. The van der Waals surface area contributed by atoms with Crippen molar-refractivity contribution in [3.63, 3.8) is 0 Å². The fraction of sp³-hybridized carbons (Fsp3) is 0.375. The number of sulfonamides is 1. The minimum atomic E-state index is -3.47. The topological polar surface area (TPSA) is 75.2 Å². The van der Waals surface area contributed by atoms with Gasteiger partial charge in [0.15, 0.2) is 0 Å². The molecule has 2 heterocycles. The molecule has 0 spiro atoms. The van der Waals surface area contributed by atoms with Gasteiger partial charge in [-0.05, 0) is 44.0 Å². The molecule has 0 radical (unpaired) electrons. The first-order chi connectivity index (χ1) is 11.4. The summed E-state index contributed by atoms with van der Waals surface area (Å²) >= 11 is 3.33. The molecule has 3 rings (SSSR count). The number of aryl methyl sites for hydroxylation is 1. The number of hydrogen-bond acceptors (Lipinski definition) is 5. The first kappa shape index (κ1) is 17.3. The lowest BCUT2D eigenvalue weighted by molar-refractivity contribution is 0.326. The van der Waals surface area contributed by atoms with Crippen LogP contribution in [0.1, 0.15) is 18.5 Å². The SMILES string of the molecule is Cc1cc(NC2CCCN(S(=O)(=O)c3ccc(Br)cc3)C2)ncn1. The van der Waals surface area contributed by atoms with E-state index in [1.165, 1.54) is 6.33 Å². The Morgan fingerprint density at radius 1 is 1.25 bits per heavy atom. The summed E-state index contributed by atoms with van der Waals surface area (Å²) in [7, 11) is -3.47.